The molecule has 4 N–H and O–H groups in total. The second kappa shape index (κ2) is 7.74. The van der Waals surface area contributed by atoms with Gasteiger partial charge in [0.05, 0.1) is 28.4 Å². The first-order valence-electron chi connectivity index (χ1n) is 10.2. The summed E-state index contributed by atoms with van der Waals surface area (Å²) in [7, 11) is 1.89. The Bertz CT molecular complexity index is 1310. The number of hydrogen-bond donors (Lipinski definition) is 3. The van der Waals surface area contributed by atoms with Crippen molar-refractivity contribution in [1.29, 1.82) is 5.26 Å². The number of nitrogens with zero attached hydrogens (tertiary/aromatic N) is 5. The van der Waals surface area contributed by atoms with E-state index in [1.54, 1.807) is 12.3 Å². The number of fused-ring (bicyclic) bond motifs is 3. The van der Waals surface area contributed by atoms with Gasteiger partial charge in [-0.3, -0.25) is 4.98 Å². The van der Waals surface area contributed by atoms with Gasteiger partial charge in [0, 0.05) is 37.8 Å². The lowest BCUT2D eigenvalue weighted by Crippen LogP contribution is -2.23. The maximum Gasteiger partial charge on any atom is 0.326 e. The molecule has 9 heteroatoms. The third kappa shape index (κ3) is 3.37. The highest BCUT2D eigenvalue weighted by Crippen LogP contribution is 2.37. The molecule has 4 aromatic rings. The number of nitrogens with one attached hydrogen (secondary N) is 2. The van der Waals surface area contributed by atoms with Crippen LogP contribution < -0.4 is 20.7 Å². The SMILES string of the molecule is CNc1cccc2c1[nH]c1nc(Oc3cncc(C#N)c3)nc(N3CCC(CN)C3)c12. The molecule has 0 amide bonds. The van der Waals surface area contributed by atoms with Crippen molar-refractivity contribution in [2.45, 2.75) is 6.42 Å². The molecular formula is C22H22N8O. The smallest absolute Gasteiger partial charge is 0.326 e. The number of pyridine rings is 1. The molecule has 0 aliphatic carbocycles. The van der Waals surface area contributed by atoms with Crippen LogP contribution in [-0.4, -0.2) is 46.6 Å². The van der Waals surface area contributed by atoms with Crippen LogP contribution in [0, 0.1) is 17.2 Å². The number of aromatic nitrogens is 4. The fraction of sp³-hybridized carbons (Fsp3) is 0.273. The Morgan fingerprint density at radius 2 is 2.26 bits per heavy atom. The largest absolute Gasteiger partial charge is 0.422 e. The summed E-state index contributed by atoms with van der Waals surface area (Å²) in [6.45, 7) is 2.36. The molecule has 0 spiro atoms. The van der Waals surface area contributed by atoms with E-state index in [0.717, 1.165) is 47.3 Å². The summed E-state index contributed by atoms with van der Waals surface area (Å²) in [5.41, 5.74) is 8.98. The molecule has 1 fully saturated rings. The maximum atomic E-state index is 9.13. The van der Waals surface area contributed by atoms with Gasteiger partial charge in [0.1, 0.15) is 17.5 Å². The fourth-order valence-corrected chi connectivity index (χ4v) is 4.12. The van der Waals surface area contributed by atoms with E-state index < -0.39 is 0 Å². The van der Waals surface area contributed by atoms with Crippen LogP contribution in [0.4, 0.5) is 11.5 Å². The zero-order valence-corrected chi connectivity index (χ0v) is 17.1. The summed E-state index contributed by atoms with van der Waals surface area (Å²) in [6, 6.07) is 9.98. The van der Waals surface area contributed by atoms with Crippen molar-refractivity contribution in [2.75, 3.05) is 36.9 Å². The molecule has 1 atom stereocenters. The van der Waals surface area contributed by atoms with Crippen LogP contribution in [0.15, 0.2) is 36.7 Å². The van der Waals surface area contributed by atoms with E-state index in [2.05, 4.69) is 37.3 Å². The summed E-state index contributed by atoms with van der Waals surface area (Å²) >= 11 is 0. The molecule has 0 saturated carbocycles. The van der Waals surface area contributed by atoms with E-state index in [0.29, 0.717) is 29.4 Å². The number of H-pyrrole nitrogens is 1. The van der Waals surface area contributed by atoms with Crippen LogP contribution in [0.25, 0.3) is 21.9 Å². The Labute approximate surface area is 178 Å². The van der Waals surface area contributed by atoms with E-state index >= 15 is 0 Å². The van der Waals surface area contributed by atoms with Gasteiger partial charge in [-0.2, -0.15) is 15.2 Å². The number of hydrogen-bond acceptors (Lipinski definition) is 8. The predicted octanol–water partition coefficient (Wildman–Crippen LogP) is 3.00. The summed E-state index contributed by atoms with van der Waals surface area (Å²) in [5, 5.41) is 14.4. The minimum absolute atomic E-state index is 0.202. The summed E-state index contributed by atoms with van der Waals surface area (Å²) in [4.78, 5) is 19.1. The van der Waals surface area contributed by atoms with E-state index in [-0.39, 0.29) is 6.01 Å². The number of para-hydroxylation sites is 1. The van der Waals surface area contributed by atoms with E-state index in [9.17, 15) is 0 Å². The number of aromatic amines is 1. The second-order valence-corrected chi connectivity index (χ2v) is 7.62. The van der Waals surface area contributed by atoms with Crippen LogP contribution >= 0.6 is 0 Å². The molecular weight excluding hydrogens is 392 g/mol. The molecule has 3 aromatic heterocycles. The molecule has 1 unspecified atom stereocenters. The van der Waals surface area contributed by atoms with Gasteiger partial charge in [0.25, 0.3) is 0 Å². The van der Waals surface area contributed by atoms with Crippen LogP contribution in [-0.2, 0) is 0 Å². The van der Waals surface area contributed by atoms with Crippen LogP contribution in [0.2, 0.25) is 0 Å². The Morgan fingerprint density at radius 1 is 1.35 bits per heavy atom. The molecule has 31 heavy (non-hydrogen) atoms. The van der Waals surface area contributed by atoms with Crippen LogP contribution in [0.3, 0.4) is 0 Å². The highest BCUT2D eigenvalue weighted by atomic mass is 16.5. The van der Waals surface area contributed by atoms with Crippen molar-refractivity contribution >= 4 is 33.4 Å². The van der Waals surface area contributed by atoms with Crippen molar-refractivity contribution < 1.29 is 4.74 Å². The van der Waals surface area contributed by atoms with Crippen molar-refractivity contribution in [3.05, 3.63) is 42.2 Å². The zero-order chi connectivity index (χ0) is 21.4. The van der Waals surface area contributed by atoms with Gasteiger partial charge in [0.2, 0.25) is 0 Å². The Morgan fingerprint density at radius 3 is 3.03 bits per heavy atom. The van der Waals surface area contributed by atoms with Crippen molar-refractivity contribution in [1.82, 2.24) is 19.9 Å². The van der Waals surface area contributed by atoms with E-state index in [1.807, 2.05) is 19.2 Å². The molecule has 1 saturated heterocycles. The lowest BCUT2D eigenvalue weighted by atomic mass is 10.1. The number of ether oxygens (including phenoxy) is 1. The van der Waals surface area contributed by atoms with Gasteiger partial charge >= 0.3 is 6.01 Å². The van der Waals surface area contributed by atoms with Crippen LogP contribution in [0.1, 0.15) is 12.0 Å². The molecule has 0 bridgehead atoms. The molecule has 0 radical (unpaired) electrons. The van der Waals surface area contributed by atoms with E-state index in [4.69, 9.17) is 20.7 Å². The first kappa shape index (κ1) is 19.1. The number of nitriles is 1. The zero-order valence-electron chi connectivity index (χ0n) is 17.1. The normalized spacial score (nSPS) is 16.0. The van der Waals surface area contributed by atoms with Gasteiger partial charge in [-0.05, 0) is 24.9 Å². The van der Waals surface area contributed by atoms with E-state index in [1.165, 1.54) is 6.20 Å². The quantitative estimate of drug-likeness (QED) is 0.454. The summed E-state index contributed by atoms with van der Waals surface area (Å²) in [6.07, 6.45) is 4.05. The Kier molecular flexibility index (Phi) is 4.76. The highest BCUT2D eigenvalue weighted by Gasteiger charge is 2.27. The first-order valence-corrected chi connectivity index (χ1v) is 10.2. The first-order chi connectivity index (χ1) is 15.2. The Hall–Kier alpha value is -3.90. The molecule has 9 nitrogen and oxygen atoms in total. The van der Waals surface area contributed by atoms with Crippen molar-refractivity contribution in [3.63, 3.8) is 0 Å². The topological polar surface area (TPSA) is 129 Å². The number of rotatable bonds is 5. The molecule has 156 valence electrons. The predicted molar refractivity (Wildman–Crippen MR) is 119 cm³/mol. The monoisotopic (exact) mass is 414 g/mol. The highest BCUT2D eigenvalue weighted by molar-refractivity contribution is 6.14. The third-order valence-corrected chi connectivity index (χ3v) is 5.69. The third-order valence-electron chi connectivity index (χ3n) is 5.69. The van der Waals surface area contributed by atoms with Gasteiger partial charge in [-0.1, -0.05) is 12.1 Å². The summed E-state index contributed by atoms with van der Waals surface area (Å²) in [5.74, 6) is 1.67. The van der Waals surface area contributed by atoms with Crippen LogP contribution in [0.5, 0.6) is 11.8 Å². The van der Waals surface area contributed by atoms with Gasteiger partial charge in [0.15, 0.2) is 5.75 Å². The molecule has 1 aliphatic heterocycles. The Balaban J connectivity index is 1.67. The molecule has 1 aromatic carbocycles. The maximum absolute atomic E-state index is 9.13. The minimum atomic E-state index is 0.202. The number of anilines is 2. The lowest BCUT2D eigenvalue weighted by molar-refractivity contribution is 0.442. The molecule has 1 aliphatic rings. The second-order valence-electron chi connectivity index (χ2n) is 7.62. The van der Waals surface area contributed by atoms with Gasteiger partial charge < -0.3 is 25.7 Å². The van der Waals surface area contributed by atoms with Gasteiger partial charge in [-0.15, -0.1) is 0 Å². The standard InChI is InChI=1S/C22H22N8O/c1-25-17-4-2-3-16-18-20(27-19(16)17)28-22(31-15-7-14(9-24)10-26-11-15)29-21(18)30-6-5-13(8-23)12-30/h2-4,7,10-11,13,25H,5-6,8,12,23H2,1H3,(H,27,28,29). The lowest BCUT2D eigenvalue weighted by Gasteiger charge is -2.19. The fourth-order valence-electron chi connectivity index (χ4n) is 4.12. The number of nitrogens with two attached hydrogens (primary N) is 1. The average Bonchev–Trinajstić information content (AvgIpc) is 3.43. The number of benzene rings is 1. The molecule has 4 heterocycles. The van der Waals surface area contributed by atoms with Crippen molar-refractivity contribution in [2.24, 2.45) is 11.7 Å². The van der Waals surface area contributed by atoms with Crippen molar-refractivity contribution in [3.8, 4) is 17.8 Å². The summed E-state index contributed by atoms with van der Waals surface area (Å²) < 4.78 is 5.91. The molecule has 5 rings (SSSR count). The average molecular weight is 414 g/mol. The van der Waals surface area contributed by atoms with Gasteiger partial charge in [-0.25, -0.2) is 0 Å². The minimum Gasteiger partial charge on any atom is -0.422 e.